The molecule has 0 spiro atoms. The molecular formula is C27H20O6. The SMILES string of the molecule is CC=CCOc1ccc(C2=c3cc4c(cc3OC2=O)=C(c2ccccc2)C(=O)O4)cc1OC. The molecule has 0 saturated carbocycles. The van der Waals surface area contributed by atoms with Crippen LogP contribution in [0.15, 0.2) is 72.8 Å². The number of fused-ring (bicyclic) bond motifs is 2. The molecule has 5 rings (SSSR count). The molecule has 2 aliphatic rings. The molecule has 0 aliphatic carbocycles. The number of carbonyl (C=O) groups is 2. The monoisotopic (exact) mass is 440 g/mol. The van der Waals surface area contributed by atoms with Crippen molar-refractivity contribution in [2.45, 2.75) is 6.92 Å². The lowest BCUT2D eigenvalue weighted by atomic mass is 10.0. The number of hydrogen-bond donors (Lipinski definition) is 0. The Morgan fingerprint density at radius 1 is 0.788 bits per heavy atom. The molecule has 0 atom stereocenters. The Bertz CT molecular complexity index is 1430. The second kappa shape index (κ2) is 8.31. The van der Waals surface area contributed by atoms with Crippen LogP contribution >= 0.6 is 0 Å². The predicted octanol–water partition coefficient (Wildman–Crippen LogP) is 2.89. The van der Waals surface area contributed by atoms with Crippen molar-refractivity contribution in [3.05, 3.63) is 94.4 Å². The fourth-order valence-electron chi connectivity index (χ4n) is 3.97. The van der Waals surface area contributed by atoms with Crippen molar-refractivity contribution in [3.63, 3.8) is 0 Å². The summed E-state index contributed by atoms with van der Waals surface area (Å²) in [5, 5.41) is 1.16. The van der Waals surface area contributed by atoms with Gasteiger partial charge in [-0.15, -0.1) is 0 Å². The van der Waals surface area contributed by atoms with Crippen molar-refractivity contribution in [2.24, 2.45) is 0 Å². The summed E-state index contributed by atoms with van der Waals surface area (Å²) >= 11 is 0. The normalized spacial score (nSPS) is 14.2. The zero-order valence-corrected chi connectivity index (χ0v) is 18.1. The van der Waals surface area contributed by atoms with E-state index >= 15 is 0 Å². The van der Waals surface area contributed by atoms with Crippen molar-refractivity contribution in [1.82, 2.24) is 0 Å². The largest absolute Gasteiger partial charge is 0.493 e. The van der Waals surface area contributed by atoms with Crippen LogP contribution in [0.1, 0.15) is 18.1 Å². The molecule has 164 valence electrons. The maximum atomic E-state index is 12.8. The summed E-state index contributed by atoms with van der Waals surface area (Å²) in [7, 11) is 1.54. The first-order valence-corrected chi connectivity index (χ1v) is 10.5. The van der Waals surface area contributed by atoms with Crippen LogP contribution in [-0.4, -0.2) is 25.7 Å². The highest BCUT2D eigenvalue weighted by molar-refractivity contribution is 6.21. The summed E-state index contributed by atoms with van der Waals surface area (Å²) in [6, 6.07) is 17.9. The van der Waals surface area contributed by atoms with Crippen molar-refractivity contribution in [1.29, 1.82) is 0 Å². The highest BCUT2D eigenvalue weighted by Crippen LogP contribution is 2.33. The van der Waals surface area contributed by atoms with E-state index in [9.17, 15) is 9.59 Å². The van der Waals surface area contributed by atoms with Gasteiger partial charge in [-0.2, -0.15) is 0 Å². The summed E-state index contributed by atoms with van der Waals surface area (Å²) in [4.78, 5) is 25.4. The lowest BCUT2D eigenvalue weighted by Crippen LogP contribution is -2.11. The summed E-state index contributed by atoms with van der Waals surface area (Å²) in [6.07, 6.45) is 3.78. The van der Waals surface area contributed by atoms with Gasteiger partial charge >= 0.3 is 11.9 Å². The van der Waals surface area contributed by atoms with Gasteiger partial charge in [-0.1, -0.05) is 48.6 Å². The zero-order chi connectivity index (χ0) is 22.9. The lowest BCUT2D eigenvalue weighted by Gasteiger charge is -2.11. The Balaban J connectivity index is 1.65. The summed E-state index contributed by atoms with van der Waals surface area (Å²) in [5.74, 6) is 0.928. The van der Waals surface area contributed by atoms with Crippen molar-refractivity contribution >= 4 is 23.1 Å². The molecular weight excluding hydrogens is 420 g/mol. The highest BCUT2D eigenvalue weighted by Gasteiger charge is 2.30. The van der Waals surface area contributed by atoms with Gasteiger partial charge in [0.15, 0.2) is 11.5 Å². The summed E-state index contributed by atoms with van der Waals surface area (Å²) in [6.45, 7) is 2.32. The number of methoxy groups -OCH3 is 1. The molecule has 3 aromatic rings. The Morgan fingerprint density at radius 2 is 1.42 bits per heavy atom. The van der Waals surface area contributed by atoms with E-state index in [1.165, 1.54) is 0 Å². The van der Waals surface area contributed by atoms with Gasteiger partial charge < -0.3 is 18.9 Å². The van der Waals surface area contributed by atoms with Crippen LogP contribution < -0.4 is 29.4 Å². The third kappa shape index (κ3) is 3.55. The van der Waals surface area contributed by atoms with E-state index in [1.807, 2.05) is 49.4 Å². The Hall–Kier alpha value is -4.32. The number of benzene rings is 3. The maximum Gasteiger partial charge on any atom is 0.344 e. The topological polar surface area (TPSA) is 71.1 Å². The molecule has 0 N–H and O–H groups in total. The van der Waals surface area contributed by atoms with E-state index in [2.05, 4.69) is 0 Å². The minimum atomic E-state index is -0.481. The third-order valence-electron chi connectivity index (χ3n) is 5.52. The molecule has 2 heterocycles. The van der Waals surface area contributed by atoms with Gasteiger partial charge in [0, 0.05) is 10.4 Å². The molecule has 0 bridgehead atoms. The van der Waals surface area contributed by atoms with Crippen LogP contribution in [-0.2, 0) is 9.59 Å². The molecule has 0 fully saturated rings. The molecule has 0 amide bonds. The average Bonchev–Trinajstić information content (AvgIpc) is 3.32. The van der Waals surface area contributed by atoms with Gasteiger partial charge in [-0.3, -0.25) is 0 Å². The Kier molecular flexibility index (Phi) is 5.18. The molecule has 33 heavy (non-hydrogen) atoms. The van der Waals surface area contributed by atoms with Gasteiger partial charge in [-0.25, -0.2) is 9.59 Å². The molecule has 3 aromatic carbocycles. The quantitative estimate of drug-likeness (QED) is 0.334. The highest BCUT2D eigenvalue weighted by atomic mass is 16.5. The standard InChI is InChI=1S/C27H20O6/c1-3-4-12-31-20-11-10-17(13-23(20)30-2)25-19-15-21-18(14-22(19)33-27(25)29)24(26(28)32-21)16-8-6-5-7-9-16/h3-11,13-15H,12H2,1-2H3. The number of rotatable bonds is 6. The predicted molar refractivity (Wildman–Crippen MR) is 122 cm³/mol. The van der Waals surface area contributed by atoms with Gasteiger partial charge in [0.05, 0.1) is 18.3 Å². The van der Waals surface area contributed by atoms with E-state index < -0.39 is 11.9 Å². The smallest absolute Gasteiger partial charge is 0.344 e. The van der Waals surface area contributed by atoms with Crippen molar-refractivity contribution in [2.75, 3.05) is 13.7 Å². The molecule has 6 nitrogen and oxygen atoms in total. The van der Waals surface area contributed by atoms with Crippen LogP contribution in [0.2, 0.25) is 0 Å². The molecule has 0 aromatic heterocycles. The molecule has 0 radical (unpaired) electrons. The first-order chi connectivity index (χ1) is 16.1. The van der Waals surface area contributed by atoms with Crippen LogP contribution in [0.4, 0.5) is 0 Å². The second-order valence-corrected chi connectivity index (χ2v) is 7.49. The van der Waals surface area contributed by atoms with E-state index in [-0.39, 0.29) is 0 Å². The number of hydrogen-bond acceptors (Lipinski definition) is 6. The van der Waals surface area contributed by atoms with E-state index in [4.69, 9.17) is 18.9 Å². The molecule has 0 saturated heterocycles. The van der Waals surface area contributed by atoms with Crippen molar-refractivity contribution < 1.29 is 28.5 Å². The molecule has 0 unspecified atom stereocenters. The number of carbonyl (C=O) groups excluding carboxylic acids is 2. The lowest BCUT2D eigenvalue weighted by molar-refractivity contribution is -0.128. The van der Waals surface area contributed by atoms with Crippen molar-refractivity contribution in [3.8, 4) is 23.0 Å². The van der Waals surface area contributed by atoms with E-state index in [0.717, 1.165) is 5.56 Å². The Morgan fingerprint density at radius 3 is 2.03 bits per heavy atom. The maximum absolute atomic E-state index is 12.8. The fraction of sp³-hybridized carbons (Fsp3) is 0.111. The number of ether oxygens (including phenoxy) is 4. The van der Waals surface area contributed by atoms with Gasteiger partial charge in [0.25, 0.3) is 0 Å². The Labute approximate surface area is 190 Å². The minimum absolute atomic E-state index is 0.371. The second-order valence-electron chi connectivity index (χ2n) is 7.49. The first-order valence-electron chi connectivity index (χ1n) is 10.5. The summed E-state index contributed by atoms with van der Waals surface area (Å²) in [5.41, 5.74) is 2.18. The molecule has 6 heteroatoms. The minimum Gasteiger partial charge on any atom is -0.493 e. The van der Waals surface area contributed by atoms with E-state index in [0.29, 0.717) is 56.8 Å². The zero-order valence-electron chi connectivity index (χ0n) is 18.1. The first kappa shape index (κ1) is 20.6. The van der Waals surface area contributed by atoms with Gasteiger partial charge in [0.2, 0.25) is 0 Å². The van der Waals surface area contributed by atoms with E-state index in [1.54, 1.807) is 37.4 Å². The van der Waals surface area contributed by atoms with Crippen LogP contribution in [0.5, 0.6) is 23.0 Å². The van der Waals surface area contributed by atoms with Gasteiger partial charge in [-0.05, 0) is 42.3 Å². The fourth-order valence-corrected chi connectivity index (χ4v) is 3.97. The van der Waals surface area contributed by atoms with Crippen LogP contribution in [0, 0.1) is 0 Å². The average molecular weight is 440 g/mol. The summed E-state index contributed by atoms with van der Waals surface area (Å²) < 4.78 is 22.3. The number of esters is 2. The van der Waals surface area contributed by atoms with Gasteiger partial charge in [0.1, 0.15) is 18.1 Å². The third-order valence-corrected chi connectivity index (χ3v) is 5.52. The number of allylic oxidation sites excluding steroid dienone is 1. The van der Waals surface area contributed by atoms with Crippen LogP contribution in [0.3, 0.4) is 0 Å². The van der Waals surface area contributed by atoms with Crippen LogP contribution in [0.25, 0.3) is 11.1 Å². The molecule has 2 aliphatic heterocycles.